The second-order valence-electron chi connectivity index (χ2n) is 2.87. The van der Waals surface area contributed by atoms with Crippen molar-refractivity contribution in [2.45, 2.75) is 0 Å². The van der Waals surface area contributed by atoms with E-state index >= 15 is 0 Å². The number of aromatic hydroxyl groups is 1. The number of benzene rings is 1. The number of phenols is 1. The van der Waals surface area contributed by atoms with Gasteiger partial charge in [-0.15, -0.1) is 6.42 Å². The van der Waals surface area contributed by atoms with Crippen LogP contribution in [0, 0.1) is 12.3 Å². The average molecular weight is 204 g/mol. The van der Waals surface area contributed by atoms with Gasteiger partial charge < -0.3 is 15.7 Å². The Hall–Kier alpha value is -2.15. The maximum atomic E-state index is 11.2. The summed E-state index contributed by atoms with van der Waals surface area (Å²) in [6.45, 7) is 0.326. The molecule has 78 valence electrons. The number of terminal acetylenes is 1. The van der Waals surface area contributed by atoms with Gasteiger partial charge in [-0.05, 0) is 18.2 Å². The SMILES string of the molecule is C#CCNc1ccc(C(=O)NC)cc1O. The Labute approximate surface area is 88.3 Å². The van der Waals surface area contributed by atoms with Gasteiger partial charge in [-0.1, -0.05) is 5.92 Å². The molecule has 0 heterocycles. The first-order valence-corrected chi connectivity index (χ1v) is 4.41. The molecule has 1 amide bonds. The van der Waals surface area contributed by atoms with E-state index in [2.05, 4.69) is 16.6 Å². The van der Waals surface area contributed by atoms with Crippen LogP contribution in [0.25, 0.3) is 0 Å². The summed E-state index contributed by atoms with van der Waals surface area (Å²) in [6.07, 6.45) is 5.07. The predicted octanol–water partition coefficient (Wildman–Crippen LogP) is 0.797. The van der Waals surface area contributed by atoms with Crippen LogP contribution in [0.4, 0.5) is 5.69 Å². The Balaban J connectivity index is 2.89. The molecule has 0 radical (unpaired) electrons. The van der Waals surface area contributed by atoms with Gasteiger partial charge in [0.25, 0.3) is 5.91 Å². The van der Waals surface area contributed by atoms with Crippen molar-refractivity contribution >= 4 is 11.6 Å². The number of phenolic OH excluding ortho intramolecular Hbond substituents is 1. The number of anilines is 1. The van der Waals surface area contributed by atoms with Gasteiger partial charge in [-0.2, -0.15) is 0 Å². The lowest BCUT2D eigenvalue weighted by Crippen LogP contribution is -2.17. The lowest BCUT2D eigenvalue weighted by atomic mass is 10.1. The van der Waals surface area contributed by atoms with Gasteiger partial charge in [0.2, 0.25) is 0 Å². The van der Waals surface area contributed by atoms with Crippen LogP contribution in [-0.2, 0) is 0 Å². The topological polar surface area (TPSA) is 61.4 Å². The summed E-state index contributed by atoms with van der Waals surface area (Å²) >= 11 is 0. The molecule has 0 aliphatic rings. The molecule has 0 bridgehead atoms. The molecule has 4 heteroatoms. The second-order valence-corrected chi connectivity index (χ2v) is 2.87. The molecule has 1 aromatic rings. The predicted molar refractivity (Wildman–Crippen MR) is 58.8 cm³/mol. The molecule has 0 aliphatic heterocycles. The molecule has 15 heavy (non-hydrogen) atoms. The van der Waals surface area contributed by atoms with E-state index < -0.39 is 0 Å². The first kappa shape index (κ1) is 10.9. The van der Waals surface area contributed by atoms with E-state index in [1.54, 1.807) is 12.1 Å². The van der Waals surface area contributed by atoms with Crippen molar-refractivity contribution in [1.29, 1.82) is 0 Å². The van der Waals surface area contributed by atoms with Crippen molar-refractivity contribution in [3.63, 3.8) is 0 Å². The van der Waals surface area contributed by atoms with Gasteiger partial charge in [0.05, 0.1) is 12.2 Å². The number of amides is 1. The zero-order valence-corrected chi connectivity index (χ0v) is 8.37. The normalized spacial score (nSPS) is 9.07. The summed E-state index contributed by atoms with van der Waals surface area (Å²) < 4.78 is 0. The summed E-state index contributed by atoms with van der Waals surface area (Å²) in [6, 6.07) is 4.60. The number of hydrogen-bond donors (Lipinski definition) is 3. The molecule has 0 aliphatic carbocycles. The number of nitrogens with one attached hydrogen (secondary N) is 2. The fourth-order valence-corrected chi connectivity index (χ4v) is 1.11. The quantitative estimate of drug-likeness (QED) is 0.504. The molecular weight excluding hydrogens is 192 g/mol. The number of carbonyl (C=O) groups is 1. The molecule has 1 rings (SSSR count). The summed E-state index contributed by atoms with van der Waals surface area (Å²) in [5.41, 5.74) is 0.918. The Kier molecular flexibility index (Phi) is 3.58. The smallest absolute Gasteiger partial charge is 0.251 e. The van der Waals surface area contributed by atoms with Gasteiger partial charge in [-0.3, -0.25) is 4.79 Å². The molecule has 0 aromatic heterocycles. The van der Waals surface area contributed by atoms with Crippen LogP contribution >= 0.6 is 0 Å². The van der Waals surface area contributed by atoms with Crippen LogP contribution in [-0.4, -0.2) is 24.6 Å². The zero-order valence-electron chi connectivity index (χ0n) is 8.37. The molecule has 0 saturated heterocycles. The third-order valence-corrected chi connectivity index (χ3v) is 1.87. The highest BCUT2D eigenvalue weighted by Crippen LogP contribution is 2.23. The fourth-order valence-electron chi connectivity index (χ4n) is 1.11. The first-order chi connectivity index (χ1) is 7.19. The largest absolute Gasteiger partial charge is 0.506 e. The maximum absolute atomic E-state index is 11.2. The number of rotatable bonds is 3. The van der Waals surface area contributed by atoms with Crippen molar-refractivity contribution in [3.05, 3.63) is 23.8 Å². The highest BCUT2D eigenvalue weighted by Gasteiger charge is 2.06. The Morgan fingerprint density at radius 2 is 2.33 bits per heavy atom. The fraction of sp³-hybridized carbons (Fsp3) is 0.182. The molecule has 0 fully saturated rings. The lowest BCUT2D eigenvalue weighted by molar-refractivity contribution is 0.0962. The van der Waals surface area contributed by atoms with E-state index in [4.69, 9.17) is 6.42 Å². The zero-order chi connectivity index (χ0) is 11.3. The standard InChI is InChI=1S/C11H12N2O2/c1-3-6-13-9-5-4-8(7-10(9)14)11(15)12-2/h1,4-5,7,13-14H,6H2,2H3,(H,12,15). The van der Waals surface area contributed by atoms with Crippen LogP contribution in [0.1, 0.15) is 10.4 Å². The summed E-state index contributed by atoms with van der Waals surface area (Å²) in [5.74, 6) is 2.15. The highest BCUT2D eigenvalue weighted by molar-refractivity contribution is 5.95. The van der Waals surface area contributed by atoms with Gasteiger partial charge in [-0.25, -0.2) is 0 Å². The van der Waals surface area contributed by atoms with E-state index in [0.717, 1.165) is 0 Å². The van der Waals surface area contributed by atoms with E-state index in [1.165, 1.54) is 13.1 Å². The number of hydrogen-bond acceptors (Lipinski definition) is 3. The summed E-state index contributed by atoms with van der Waals surface area (Å²) in [5, 5.41) is 14.8. The second kappa shape index (κ2) is 4.91. The molecular formula is C11H12N2O2. The minimum Gasteiger partial charge on any atom is -0.506 e. The summed E-state index contributed by atoms with van der Waals surface area (Å²) in [7, 11) is 1.53. The van der Waals surface area contributed by atoms with Gasteiger partial charge in [0.15, 0.2) is 0 Å². The van der Waals surface area contributed by atoms with Crippen LogP contribution in [0.3, 0.4) is 0 Å². The van der Waals surface area contributed by atoms with E-state index in [1.807, 2.05) is 0 Å². The van der Waals surface area contributed by atoms with Crippen molar-refractivity contribution in [2.24, 2.45) is 0 Å². The maximum Gasteiger partial charge on any atom is 0.251 e. The third-order valence-electron chi connectivity index (χ3n) is 1.87. The molecule has 0 spiro atoms. The average Bonchev–Trinajstić information content (AvgIpc) is 2.26. The molecule has 0 atom stereocenters. The Bertz CT molecular complexity index is 408. The van der Waals surface area contributed by atoms with Crippen LogP contribution < -0.4 is 10.6 Å². The van der Waals surface area contributed by atoms with Crippen LogP contribution in [0.15, 0.2) is 18.2 Å². The molecule has 1 aromatic carbocycles. The Morgan fingerprint density at radius 3 is 2.87 bits per heavy atom. The lowest BCUT2D eigenvalue weighted by Gasteiger charge is -2.07. The van der Waals surface area contributed by atoms with Crippen molar-refractivity contribution in [3.8, 4) is 18.1 Å². The minimum absolute atomic E-state index is 0.00588. The van der Waals surface area contributed by atoms with E-state index in [-0.39, 0.29) is 11.7 Å². The molecule has 0 saturated carbocycles. The van der Waals surface area contributed by atoms with E-state index in [9.17, 15) is 9.90 Å². The van der Waals surface area contributed by atoms with Crippen molar-refractivity contribution in [2.75, 3.05) is 18.9 Å². The van der Waals surface area contributed by atoms with Gasteiger partial charge in [0, 0.05) is 12.6 Å². The monoisotopic (exact) mass is 204 g/mol. The molecule has 0 unspecified atom stereocenters. The van der Waals surface area contributed by atoms with Crippen LogP contribution in [0.5, 0.6) is 5.75 Å². The molecule has 4 nitrogen and oxygen atoms in total. The first-order valence-electron chi connectivity index (χ1n) is 4.41. The highest BCUT2D eigenvalue weighted by atomic mass is 16.3. The summed E-state index contributed by atoms with van der Waals surface area (Å²) in [4.78, 5) is 11.2. The van der Waals surface area contributed by atoms with Gasteiger partial charge in [0.1, 0.15) is 5.75 Å². The van der Waals surface area contributed by atoms with Gasteiger partial charge >= 0.3 is 0 Å². The minimum atomic E-state index is -0.242. The number of carbonyl (C=O) groups excluding carboxylic acids is 1. The van der Waals surface area contributed by atoms with Crippen molar-refractivity contribution in [1.82, 2.24) is 5.32 Å². The van der Waals surface area contributed by atoms with Crippen LogP contribution in [0.2, 0.25) is 0 Å². The third kappa shape index (κ3) is 2.64. The van der Waals surface area contributed by atoms with Crippen molar-refractivity contribution < 1.29 is 9.90 Å². The Morgan fingerprint density at radius 1 is 1.60 bits per heavy atom. The van der Waals surface area contributed by atoms with E-state index in [0.29, 0.717) is 17.8 Å². The molecule has 3 N–H and O–H groups in total.